The minimum Gasteiger partial charge on any atom is -0.423 e. The van der Waals surface area contributed by atoms with Gasteiger partial charge in [0.25, 0.3) is 0 Å². The molecule has 1 aromatic heterocycles. The summed E-state index contributed by atoms with van der Waals surface area (Å²) in [4.78, 5) is 18.8. The lowest BCUT2D eigenvalue weighted by Gasteiger charge is -1.91. The van der Waals surface area contributed by atoms with Crippen molar-refractivity contribution in [1.29, 1.82) is 0 Å². The van der Waals surface area contributed by atoms with E-state index in [4.69, 9.17) is 10.0 Å². The van der Waals surface area contributed by atoms with Gasteiger partial charge in [-0.3, -0.25) is 20.2 Å². The molecule has 0 spiro atoms. The van der Waals surface area contributed by atoms with Crippen LogP contribution in [-0.2, 0) is 0 Å². The highest BCUT2D eigenvalue weighted by atomic mass is 32.1. The summed E-state index contributed by atoms with van der Waals surface area (Å²) in [6.45, 7) is 0. The Balaban J connectivity index is 3.26. The molecule has 0 saturated carbocycles. The number of hydrogen-bond donors (Lipinski definition) is 2. The molecule has 8 nitrogen and oxygen atoms in total. The average Bonchev–Trinajstić information content (AvgIpc) is 2.47. The van der Waals surface area contributed by atoms with Gasteiger partial charge in [-0.15, -0.1) is 0 Å². The van der Waals surface area contributed by atoms with Gasteiger partial charge in [0.05, 0.1) is 15.3 Å². The highest BCUT2D eigenvalue weighted by molar-refractivity contribution is 7.20. The maximum Gasteiger partial charge on any atom is 0.496 e. The van der Waals surface area contributed by atoms with Crippen molar-refractivity contribution in [1.82, 2.24) is 0 Å². The molecule has 1 rings (SSSR count). The van der Waals surface area contributed by atoms with Crippen molar-refractivity contribution in [2.75, 3.05) is 0 Å². The second-order valence-corrected chi connectivity index (χ2v) is 3.24. The van der Waals surface area contributed by atoms with E-state index in [1.807, 2.05) is 0 Å². The zero-order chi connectivity index (χ0) is 10.9. The van der Waals surface area contributed by atoms with Crippen LogP contribution in [0.4, 0.5) is 10.0 Å². The summed E-state index contributed by atoms with van der Waals surface area (Å²) >= 11 is 0.286. The Morgan fingerprint density at radius 1 is 1.29 bits per heavy atom. The van der Waals surface area contributed by atoms with Crippen molar-refractivity contribution in [3.05, 3.63) is 26.3 Å². The molecule has 1 aromatic rings. The van der Waals surface area contributed by atoms with Gasteiger partial charge in [-0.2, -0.15) is 0 Å². The van der Waals surface area contributed by atoms with Crippen LogP contribution in [0.15, 0.2) is 6.07 Å². The van der Waals surface area contributed by atoms with Crippen molar-refractivity contribution >= 4 is 33.9 Å². The average molecular weight is 218 g/mol. The van der Waals surface area contributed by atoms with Gasteiger partial charge >= 0.3 is 17.1 Å². The summed E-state index contributed by atoms with van der Waals surface area (Å²) in [5, 5.41) is 36.8. The van der Waals surface area contributed by atoms with Gasteiger partial charge in [0, 0.05) is 17.4 Å². The third-order valence-corrected chi connectivity index (χ3v) is 2.41. The Bertz CT molecular complexity index is 389. The lowest BCUT2D eigenvalue weighted by Crippen LogP contribution is -2.30. The topological polar surface area (TPSA) is 127 Å². The van der Waals surface area contributed by atoms with E-state index in [0.717, 1.165) is 6.07 Å². The van der Waals surface area contributed by atoms with Gasteiger partial charge in [-0.1, -0.05) is 0 Å². The second kappa shape index (κ2) is 3.70. The van der Waals surface area contributed by atoms with Crippen LogP contribution in [0.5, 0.6) is 0 Å². The second-order valence-electron chi connectivity index (χ2n) is 2.23. The van der Waals surface area contributed by atoms with E-state index in [-0.39, 0.29) is 11.3 Å². The standard InChI is InChI=1S/C4H3BN2O6S/c8-5(9)2-1-3(6(10)11)14-4(2)7(12)13/h1,8-9H. The van der Waals surface area contributed by atoms with Crippen LogP contribution < -0.4 is 5.46 Å². The fourth-order valence-electron chi connectivity index (χ4n) is 0.800. The predicted molar refractivity (Wildman–Crippen MR) is 47.5 cm³/mol. The van der Waals surface area contributed by atoms with Crippen molar-refractivity contribution < 1.29 is 19.9 Å². The summed E-state index contributed by atoms with van der Waals surface area (Å²) in [7, 11) is -2.08. The van der Waals surface area contributed by atoms with Crippen LogP contribution in [0.3, 0.4) is 0 Å². The maximum atomic E-state index is 10.3. The van der Waals surface area contributed by atoms with Crippen LogP contribution in [-0.4, -0.2) is 27.0 Å². The summed E-state index contributed by atoms with van der Waals surface area (Å²) in [6, 6.07) is 0.771. The molecular weight excluding hydrogens is 215 g/mol. The highest BCUT2D eigenvalue weighted by Crippen LogP contribution is 2.28. The minimum absolute atomic E-state index is 0.286. The summed E-state index contributed by atoms with van der Waals surface area (Å²) < 4.78 is 0. The molecule has 0 aliphatic heterocycles. The fourth-order valence-corrected chi connectivity index (χ4v) is 1.62. The lowest BCUT2D eigenvalue weighted by atomic mass is 9.82. The molecule has 2 N–H and O–H groups in total. The monoisotopic (exact) mass is 218 g/mol. The largest absolute Gasteiger partial charge is 0.496 e. The molecule has 0 aliphatic rings. The van der Waals surface area contributed by atoms with Gasteiger partial charge in [0.15, 0.2) is 0 Å². The number of thiophene rings is 1. The Morgan fingerprint density at radius 3 is 2.14 bits per heavy atom. The first-order valence-corrected chi connectivity index (χ1v) is 4.03. The zero-order valence-corrected chi connectivity index (χ0v) is 7.30. The lowest BCUT2D eigenvalue weighted by molar-refractivity contribution is -0.382. The van der Waals surface area contributed by atoms with Gasteiger partial charge in [0.1, 0.15) is 0 Å². The van der Waals surface area contributed by atoms with Crippen molar-refractivity contribution in [3.8, 4) is 0 Å². The van der Waals surface area contributed by atoms with Crippen LogP contribution in [0.2, 0.25) is 0 Å². The fraction of sp³-hybridized carbons (Fsp3) is 0. The van der Waals surface area contributed by atoms with Gasteiger partial charge in [-0.05, 0) is 0 Å². The molecule has 0 aliphatic carbocycles. The van der Waals surface area contributed by atoms with E-state index in [1.54, 1.807) is 0 Å². The van der Waals surface area contributed by atoms with E-state index >= 15 is 0 Å². The molecule has 74 valence electrons. The van der Waals surface area contributed by atoms with Gasteiger partial charge < -0.3 is 10.0 Å². The highest BCUT2D eigenvalue weighted by Gasteiger charge is 2.31. The molecule has 0 atom stereocenters. The molecule has 0 radical (unpaired) electrons. The van der Waals surface area contributed by atoms with Crippen LogP contribution in [0.1, 0.15) is 0 Å². The third-order valence-electron chi connectivity index (χ3n) is 1.35. The Morgan fingerprint density at radius 2 is 1.86 bits per heavy atom. The van der Waals surface area contributed by atoms with E-state index < -0.39 is 32.4 Å². The predicted octanol–water partition coefficient (Wildman–Crippen LogP) is -0.756. The maximum absolute atomic E-state index is 10.3. The van der Waals surface area contributed by atoms with E-state index in [9.17, 15) is 20.2 Å². The van der Waals surface area contributed by atoms with Gasteiger partial charge in [-0.25, -0.2) is 0 Å². The molecule has 0 bridgehead atoms. The first-order chi connectivity index (χ1) is 6.43. The number of nitro groups is 2. The first-order valence-electron chi connectivity index (χ1n) is 3.22. The normalized spacial score (nSPS) is 9.86. The molecule has 14 heavy (non-hydrogen) atoms. The molecule has 0 fully saturated rings. The van der Waals surface area contributed by atoms with Crippen LogP contribution in [0.25, 0.3) is 0 Å². The minimum atomic E-state index is -2.08. The van der Waals surface area contributed by atoms with E-state index in [1.165, 1.54) is 0 Å². The molecule has 10 heteroatoms. The van der Waals surface area contributed by atoms with Crippen molar-refractivity contribution in [3.63, 3.8) is 0 Å². The Kier molecular flexibility index (Phi) is 2.79. The summed E-state index contributed by atoms with van der Waals surface area (Å²) in [5.41, 5.74) is -0.466. The molecule has 0 amide bonds. The van der Waals surface area contributed by atoms with Crippen molar-refractivity contribution in [2.24, 2.45) is 0 Å². The molecule has 1 heterocycles. The molecule has 0 unspecified atom stereocenters. The third kappa shape index (κ3) is 1.87. The summed E-state index contributed by atoms with van der Waals surface area (Å²) in [6.07, 6.45) is 0. The van der Waals surface area contributed by atoms with Crippen molar-refractivity contribution in [2.45, 2.75) is 0 Å². The Labute approximate surface area is 80.9 Å². The number of rotatable bonds is 3. The van der Waals surface area contributed by atoms with Gasteiger partial charge in [0.2, 0.25) is 0 Å². The number of nitrogens with zero attached hydrogens (tertiary/aromatic N) is 2. The van der Waals surface area contributed by atoms with E-state index in [0.29, 0.717) is 0 Å². The quantitative estimate of drug-likeness (QED) is 0.390. The SMILES string of the molecule is O=[N+]([O-])c1cc(B(O)O)c([N+](=O)[O-])s1. The first kappa shape index (κ1) is 10.6. The van der Waals surface area contributed by atoms with Crippen LogP contribution in [0, 0.1) is 20.2 Å². The smallest absolute Gasteiger partial charge is 0.423 e. The van der Waals surface area contributed by atoms with E-state index in [2.05, 4.69) is 0 Å². The number of hydrogen-bond acceptors (Lipinski definition) is 7. The zero-order valence-electron chi connectivity index (χ0n) is 6.48. The molecular formula is C4H3BN2O6S. The van der Waals surface area contributed by atoms with Crippen LogP contribution >= 0.6 is 11.3 Å². The molecule has 0 saturated heterocycles. The Hall–Kier alpha value is -1.52. The summed E-state index contributed by atoms with van der Waals surface area (Å²) in [5.74, 6) is 0. The molecule has 0 aromatic carbocycles.